The van der Waals surface area contributed by atoms with Crippen LogP contribution in [0, 0.1) is 0 Å². The van der Waals surface area contributed by atoms with E-state index in [1.165, 1.54) is 23.8 Å². The van der Waals surface area contributed by atoms with Crippen molar-refractivity contribution in [3.05, 3.63) is 29.5 Å². The van der Waals surface area contributed by atoms with Gasteiger partial charge in [0, 0.05) is 10.9 Å². The fraction of sp³-hybridized carbons (Fsp3) is 0.400. The Bertz CT molecular complexity index is 628. The summed E-state index contributed by atoms with van der Waals surface area (Å²) in [6.07, 6.45) is 5.28. The molecule has 100 valence electrons. The number of aromatic nitrogens is 1. The smallest absolute Gasteiger partial charge is 0.119 e. The fourth-order valence-electron chi connectivity index (χ4n) is 2.86. The number of H-pyrrole nitrogens is 1. The predicted molar refractivity (Wildman–Crippen MR) is 75.3 cm³/mol. The highest BCUT2D eigenvalue weighted by Crippen LogP contribution is 2.30. The molecule has 0 aliphatic heterocycles. The van der Waals surface area contributed by atoms with Gasteiger partial charge in [-0.05, 0) is 49.4 Å². The van der Waals surface area contributed by atoms with E-state index in [9.17, 15) is 5.21 Å². The molecule has 1 aromatic heterocycles. The molecule has 19 heavy (non-hydrogen) atoms. The summed E-state index contributed by atoms with van der Waals surface area (Å²) in [4.78, 5) is 3.39. The van der Waals surface area contributed by atoms with Gasteiger partial charge in [-0.1, -0.05) is 11.6 Å². The first kappa shape index (κ1) is 12.1. The third-order valence-electron chi connectivity index (χ3n) is 3.86. The number of fused-ring (bicyclic) bond motifs is 3. The largest absolute Gasteiger partial charge is 0.497 e. The number of rotatable bonds is 1. The van der Waals surface area contributed by atoms with Gasteiger partial charge in [-0.15, -0.1) is 0 Å². The number of hydrogen-bond acceptors (Lipinski definition) is 3. The number of ether oxygens (including phenoxy) is 1. The molecule has 2 N–H and O–H groups in total. The molecule has 0 fully saturated rings. The number of aryl methyl sites for hydroxylation is 1. The van der Waals surface area contributed by atoms with Crippen molar-refractivity contribution in [3.63, 3.8) is 0 Å². The van der Waals surface area contributed by atoms with Crippen LogP contribution in [-0.2, 0) is 6.42 Å². The Kier molecular flexibility index (Phi) is 3.15. The van der Waals surface area contributed by atoms with E-state index >= 15 is 0 Å². The van der Waals surface area contributed by atoms with Gasteiger partial charge in [0.25, 0.3) is 0 Å². The lowest BCUT2D eigenvalue weighted by atomic mass is 9.95. The van der Waals surface area contributed by atoms with Crippen LogP contribution in [0.15, 0.2) is 23.4 Å². The van der Waals surface area contributed by atoms with E-state index in [1.54, 1.807) is 7.11 Å². The van der Waals surface area contributed by atoms with Crippen molar-refractivity contribution in [2.75, 3.05) is 7.11 Å². The lowest BCUT2D eigenvalue weighted by molar-refractivity contribution is 0.317. The minimum absolute atomic E-state index is 0.768. The van der Waals surface area contributed by atoms with E-state index in [1.807, 2.05) is 12.1 Å². The molecular formula is C15H18N2O2. The Morgan fingerprint density at radius 2 is 2.05 bits per heavy atom. The molecule has 0 saturated carbocycles. The first-order valence-electron chi connectivity index (χ1n) is 6.73. The van der Waals surface area contributed by atoms with Crippen molar-refractivity contribution >= 4 is 16.6 Å². The summed E-state index contributed by atoms with van der Waals surface area (Å²) in [5, 5.41) is 13.9. The van der Waals surface area contributed by atoms with Gasteiger partial charge in [-0.2, -0.15) is 0 Å². The van der Waals surface area contributed by atoms with Gasteiger partial charge < -0.3 is 14.9 Å². The number of nitrogens with zero attached hydrogens (tertiary/aromatic N) is 1. The maximum absolute atomic E-state index is 9.22. The lowest BCUT2D eigenvalue weighted by Gasteiger charge is -2.11. The van der Waals surface area contributed by atoms with Crippen molar-refractivity contribution in [2.45, 2.75) is 32.1 Å². The average molecular weight is 258 g/mol. The molecule has 3 rings (SSSR count). The SMILES string of the molecule is COc1ccc2[nH]c3c(c2c1)CCCCC/C3=N\O. The molecular weight excluding hydrogens is 240 g/mol. The standard InChI is InChI=1S/C15H18N2O2/c1-19-10-7-8-13-12(9-10)11-5-3-2-4-6-14(17-18)15(11)16-13/h7-9,16,18H,2-6H2,1H3/b17-14+. The van der Waals surface area contributed by atoms with Crippen LogP contribution in [0.4, 0.5) is 0 Å². The number of methoxy groups -OCH3 is 1. The van der Waals surface area contributed by atoms with Crippen molar-refractivity contribution in [1.82, 2.24) is 4.98 Å². The quantitative estimate of drug-likeness (QED) is 0.608. The van der Waals surface area contributed by atoms with Gasteiger partial charge in [0.15, 0.2) is 0 Å². The number of hydrogen-bond donors (Lipinski definition) is 2. The Labute approximate surface area is 112 Å². The monoisotopic (exact) mass is 258 g/mol. The zero-order valence-electron chi connectivity index (χ0n) is 11.1. The molecule has 1 heterocycles. The average Bonchev–Trinajstić information content (AvgIpc) is 2.76. The number of nitrogens with one attached hydrogen (secondary N) is 1. The Hall–Kier alpha value is -1.97. The van der Waals surface area contributed by atoms with Gasteiger partial charge in [-0.3, -0.25) is 0 Å². The molecule has 0 saturated heterocycles. The van der Waals surface area contributed by atoms with E-state index in [2.05, 4.69) is 16.2 Å². The molecule has 1 aliphatic carbocycles. The van der Waals surface area contributed by atoms with Crippen LogP contribution in [0.25, 0.3) is 10.9 Å². The lowest BCUT2D eigenvalue weighted by Crippen LogP contribution is -2.08. The van der Waals surface area contributed by atoms with Crippen LogP contribution < -0.4 is 4.74 Å². The van der Waals surface area contributed by atoms with Crippen LogP contribution in [0.5, 0.6) is 5.75 Å². The first-order valence-corrected chi connectivity index (χ1v) is 6.73. The molecule has 0 atom stereocenters. The van der Waals surface area contributed by atoms with Gasteiger partial charge in [-0.25, -0.2) is 0 Å². The zero-order chi connectivity index (χ0) is 13.2. The molecule has 0 unspecified atom stereocenters. The number of oxime groups is 1. The summed E-state index contributed by atoms with van der Waals surface area (Å²) in [5.74, 6) is 0.860. The Balaban J connectivity index is 2.21. The highest BCUT2D eigenvalue weighted by atomic mass is 16.5. The van der Waals surface area contributed by atoms with Crippen LogP contribution >= 0.6 is 0 Å². The fourth-order valence-corrected chi connectivity index (χ4v) is 2.86. The van der Waals surface area contributed by atoms with E-state index in [0.29, 0.717) is 0 Å². The Morgan fingerprint density at radius 3 is 2.84 bits per heavy atom. The maximum Gasteiger partial charge on any atom is 0.119 e. The summed E-state index contributed by atoms with van der Waals surface area (Å²) < 4.78 is 5.30. The molecule has 1 aliphatic rings. The molecule has 0 radical (unpaired) electrons. The van der Waals surface area contributed by atoms with Crippen LogP contribution in [0.3, 0.4) is 0 Å². The second-order valence-corrected chi connectivity index (χ2v) is 5.00. The van der Waals surface area contributed by atoms with Gasteiger partial charge in [0.05, 0.1) is 12.8 Å². The van der Waals surface area contributed by atoms with Gasteiger partial charge in [0.2, 0.25) is 0 Å². The second-order valence-electron chi connectivity index (χ2n) is 5.00. The summed E-state index contributed by atoms with van der Waals surface area (Å²) in [5.41, 5.74) is 4.09. The number of benzene rings is 1. The normalized spacial score (nSPS) is 18.1. The summed E-state index contributed by atoms with van der Waals surface area (Å²) in [6.45, 7) is 0. The van der Waals surface area contributed by atoms with Gasteiger partial charge in [0.1, 0.15) is 11.5 Å². The third-order valence-corrected chi connectivity index (χ3v) is 3.86. The third kappa shape index (κ3) is 2.07. The van der Waals surface area contributed by atoms with Crippen LogP contribution in [0.2, 0.25) is 0 Å². The highest BCUT2D eigenvalue weighted by Gasteiger charge is 2.18. The molecule has 1 aromatic carbocycles. The molecule has 4 heteroatoms. The topological polar surface area (TPSA) is 57.6 Å². The van der Waals surface area contributed by atoms with Crippen LogP contribution in [-0.4, -0.2) is 23.0 Å². The van der Waals surface area contributed by atoms with E-state index in [0.717, 1.165) is 41.9 Å². The zero-order valence-corrected chi connectivity index (χ0v) is 11.1. The van der Waals surface area contributed by atoms with Crippen molar-refractivity contribution < 1.29 is 9.94 Å². The van der Waals surface area contributed by atoms with E-state index in [-0.39, 0.29) is 0 Å². The number of aromatic amines is 1. The minimum Gasteiger partial charge on any atom is -0.497 e. The summed E-state index contributed by atoms with van der Waals surface area (Å²) in [6, 6.07) is 6.02. The second kappa shape index (κ2) is 4.96. The van der Waals surface area contributed by atoms with Gasteiger partial charge >= 0.3 is 0 Å². The molecule has 0 spiro atoms. The molecule has 0 bridgehead atoms. The van der Waals surface area contributed by atoms with Crippen molar-refractivity contribution in [3.8, 4) is 5.75 Å². The van der Waals surface area contributed by atoms with E-state index in [4.69, 9.17) is 4.74 Å². The highest BCUT2D eigenvalue weighted by molar-refractivity contribution is 6.05. The molecule has 2 aromatic rings. The minimum atomic E-state index is 0.768. The Morgan fingerprint density at radius 1 is 1.21 bits per heavy atom. The summed E-state index contributed by atoms with van der Waals surface area (Å²) in [7, 11) is 1.68. The van der Waals surface area contributed by atoms with E-state index < -0.39 is 0 Å². The molecule has 0 amide bonds. The maximum atomic E-state index is 9.22. The summed E-state index contributed by atoms with van der Waals surface area (Å²) >= 11 is 0. The van der Waals surface area contributed by atoms with Crippen molar-refractivity contribution in [1.29, 1.82) is 0 Å². The molecule has 4 nitrogen and oxygen atoms in total. The van der Waals surface area contributed by atoms with Crippen LogP contribution in [0.1, 0.15) is 36.9 Å². The first-order chi connectivity index (χ1) is 9.33. The van der Waals surface area contributed by atoms with Crippen molar-refractivity contribution in [2.24, 2.45) is 5.16 Å². The predicted octanol–water partition coefficient (Wildman–Crippen LogP) is 3.47.